The van der Waals surface area contributed by atoms with Crippen molar-refractivity contribution in [2.75, 3.05) is 5.32 Å². The van der Waals surface area contributed by atoms with E-state index in [1.54, 1.807) is 24.3 Å². The summed E-state index contributed by atoms with van der Waals surface area (Å²) in [4.78, 5) is 12.1. The number of hydrogen-bond donors (Lipinski definition) is 2. The molecule has 1 aliphatic carbocycles. The molecule has 2 aromatic rings. The standard InChI is InChI=1S/C18H19ClN2O/c1-12(14-6-5-13-3-2-4-15(13)11-14)20-18(22)21-17-9-7-16(19)8-10-17/h5-12H,2-4H2,1H3,(H2,20,21,22)/t12-/m1/s1. The number of halogens is 1. The number of hydrogen-bond acceptors (Lipinski definition) is 1. The highest BCUT2D eigenvalue weighted by atomic mass is 35.5. The van der Waals surface area contributed by atoms with Crippen LogP contribution in [0.4, 0.5) is 10.5 Å². The van der Waals surface area contributed by atoms with E-state index in [9.17, 15) is 4.79 Å². The van der Waals surface area contributed by atoms with Crippen LogP contribution in [-0.4, -0.2) is 6.03 Å². The zero-order chi connectivity index (χ0) is 15.5. The lowest BCUT2D eigenvalue weighted by atomic mass is 10.0. The minimum Gasteiger partial charge on any atom is -0.331 e. The maximum Gasteiger partial charge on any atom is 0.319 e. The number of nitrogens with one attached hydrogen (secondary N) is 2. The predicted octanol–water partition coefficient (Wildman–Crippen LogP) is 4.71. The Kier molecular flexibility index (Phi) is 4.34. The van der Waals surface area contributed by atoms with Gasteiger partial charge in [-0.15, -0.1) is 0 Å². The van der Waals surface area contributed by atoms with Gasteiger partial charge in [0.2, 0.25) is 0 Å². The number of amides is 2. The fourth-order valence-electron chi connectivity index (χ4n) is 2.84. The number of carbonyl (C=O) groups excluding carboxylic acids is 1. The van der Waals surface area contributed by atoms with Gasteiger partial charge in [-0.05, 0) is 67.1 Å². The van der Waals surface area contributed by atoms with Crippen molar-refractivity contribution >= 4 is 23.3 Å². The minimum absolute atomic E-state index is 0.0294. The van der Waals surface area contributed by atoms with E-state index in [2.05, 4.69) is 28.8 Å². The van der Waals surface area contributed by atoms with Crippen molar-refractivity contribution in [1.29, 1.82) is 0 Å². The van der Waals surface area contributed by atoms with Crippen LogP contribution >= 0.6 is 11.6 Å². The molecule has 3 nitrogen and oxygen atoms in total. The van der Waals surface area contributed by atoms with Gasteiger partial charge in [0.1, 0.15) is 0 Å². The summed E-state index contributed by atoms with van der Waals surface area (Å²) in [6.07, 6.45) is 3.55. The summed E-state index contributed by atoms with van der Waals surface area (Å²) in [5.41, 5.74) is 4.74. The van der Waals surface area contributed by atoms with Crippen LogP contribution in [0.3, 0.4) is 0 Å². The van der Waals surface area contributed by atoms with Gasteiger partial charge in [0, 0.05) is 10.7 Å². The van der Waals surface area contributed by atoms with Gasteiger partial charge < -0.3 is 10.6 Å². The molecule has 22 heavy (non-hydrogen) atoms. The summed E-state index contributed by atoms with van der Waals surface area (Å²) >= 11 is 5.83. The van der Waals surface area contributed by atoms with Gasteiger partial charge in [-0.3, -0.25) is 0 Å². The van der Waals surface area contributed by atoms with Crippen molar-refractivity contribution in [3.05, 3.63) is 64.2 Å². The van der Waals surface area contributed by atoms with E-state index in [0.717, 1.165) is 17.7 Å². The first kappa shape index (κ1) is 14.9. The highest BCUT2D eigenvalue weighted by Crippen LogP contribution is 2.25. The maximum atomic E-state index is 12.1. The molecule has 0 saturated carbocycles. The van der Waals surface area contributed by atoms with Crippen molar-refractivity contribution in [3.63, 3.8) is 0 Å². The first-order chi connectivity index (χ1) is 10.6. The molecular formula is C18H19ClN2O. The van der Waals surface area contributed by atoms with Crippen molar-refractivity contribution in [2.45, 2.75) is 32.2 Å². The summed E-state index contributed by atoms with van der Waals surface area (Å²) in [7, 11) is 0. The Bertz CT molecular complexity index is 682. The number of anilines is 1. The number of urea groups is 1. The average molecular weight is 315 g/mol. The first-order valence-corrected chi connectivity index (χ1v) is 7.94. The molecule has 1 aliphatic rings. The second-order valence-electron chi connectivity index (χ2n) is 5.71. The van der Waals surface area contributed by atoms with Gasteiger partial charge in [-0.1, -0.05) is 29.8 Å². The SMILES string of the molecule is C[C@@H](NC(=O)Nc1ccc(Cl)cc1)c1ccc2c(c1)CCC2. The van der Waals surface area contributed by atoms with Crippen molar-refractivity contribution in [2.24, 2.45) is 0 Å². The summed E-state index contributed by atoms with van der Waals surface area (Å²) in [5.74, 6) is 0. The lowest BCUT2D eigenvalue weighted by Crippen LogP contribution is -2.31. The number of benzene rings is 2. The number of fused-ring (bicyclic) bond motifs is 1. The molecule has 0 aromatic heterocycles. The minimum atomic E-state index is -0.213. The van der Waals surface area contributed by atoms with Crippen LogP contribution in [0, 0.1) is 0 Å². The van der Waals surface area contributed by atoms with Gasteiger partial charge in [0.05, 0.1) is 6.04 Å². The van der Waals surface area contributed by atoms with E-state index in [4.69, 9.17) is 11.6 Å². The summed E-state index contributed by atoms with van der Waals surface area (Å²) in [6, 6.07) is 13.3. The van der Waals surface area contributed by atoms with Crippen LogP contribution in [0.5, 0.6) is 0 Å². The molecule has 0 radical (unpaired) electrons. The predicted molar refractivity (Wildman–Crippen MR) is 90.5 cm³/mol. The third-order valence-corrected chi connectivity index (χ3v) is 4.32. The molecule has 0 aliphatic heterocycles. The molecule has 0 bridgehead atoms. The lowest BCUT2D eigenvalue weighted by molar-refractivity contribution is 0.249. The van der Waals surface area contributed by atoms with Crippen LogP contribution in [0.2, 0.25) is 5.02 Å². The number of aryl methyl sites for hydroxylation is 2. The van der Waals surface area contributed by atoms with Crippen LogP contribution in [0.25, 0.3) is 0 Å². The van der Waals surface area contributed by atoms with Crippen LogP contribution in [0.1, 0.15) is 36.1 Å². The second kappa shape index (κ2) is 6.41. The molecule has 114 valence electrons. The molecule has 2 N–H and O–H groups in total. The average Bonchev–Trinajstić information content (AvgIpc) is 2.97. The van der Waals surface area contributed by atoms with Gasteiger partial charge in [-0.2, -0.15) is 0 Å². The molecule has 2 aromatic carbocycles. The Morgan fingerprint density at radius 1 is 1.09 bits per heavy atom. The zero-order valence-corrected chi connectivity index (χ0v) is 13.3. The van der Waals surface area contributed by atoms with Crippen LogP contribution < -0.4 is 10.6 Å². The molecule has 0 spiro atoms. The molecule has 0 heterocycles. The Morgan fingerprint density at radius 2 is 1.82 bits per heavy atom. The third kappa shape index (κ3) is 3.42. The third-order valence-electron chi connectivity index (χ3n) is 4.07. The Hall–Kier alpha value is -2.00. The molecule has 4 heteroatoms. The van der Waals surface area contributed by atoms with E-state index < -0.39 is 0 Å². The second-order valence-corrected chi connectivity index (χ2v) is 6.15. The van der Waals surface area contributed by atoms with E-state index in [0.29, 0.717) is 5.02 Å². The quantitative estimate of drug-likeness (QED) is 0.846. The maximum absolute atomic E-state index is 12.1. The summed E-state index contributed by atoms with van der Waals surface area (Å²) in [6.45, 7) is 2.00. The molecule has 1 atom stereocenters. The fraction of sp³-hybridized carbons (Fsp3) is 0.278. The highest BCUT2D eigenvalue weighted by molar-refractivity contribution is 6.30. The highest BCUT2D eigenvalue weighted by Gasteiger charge is 2.14. The summed E-state index contributed by atoms with van der Waals surface area (Å²) < 4.78 is 0. The van der Waals surface area contributed by atoms with E-state index >= 15 is 0 Å². The normalized spacial score (nSPS) is 14.3. The number of carbonyl (C=O) groups is 1. The van der Waals surface area contributed by atoms with E-state index in [1.165, 1.54) is 24.0 Å². The topological polar surface area (TPSA) is 41.1 Å². The zero-order valence-electron chi connectivity index (χ0n) is 12.5. The van der Waals surface area contributed by atoms with Gasteiger partial charge in [0.25, 0.3) is 0 Å². The summed E-state index contributed by atoms with van der Waals surface area (Å²) in [5, 5.41) is 6.43. The smallest absolute Gasteiger partial charge is 0.319 e. The molecule has 0 saturated heterocycles. The Labute approximate surface area is 135 Å². The van der Waals surface area contributed by atoms with Gasteiger partial charge in [-0.25, -0.2) is 4.79 Å². The van der Waals surface area contributed by atoms with Gasteiger partial charge in [0.15, 0.2) is 0 Å². The van der Waals surface area contributed by atoms with Crippen molar-refractivity contribution in [3.8, 4) is 0 Å². The van der Waals surface area contributed by atoms with Crippen molar-refractivity contribution < 1.29 is 4.79 Å². The molecule has 2 amide bonds. The Balaban J connectivity index is 1.62. The fourth-order valence-corrected chi connectivity index (χ4v) is 2.97. The molecule has 0 unspecified atom stereocenters. The van der Waals surface area contributed by atoms with E-state index in [1.807, 2.05) is 6.92 Å². The van der Waals surface area contributed by atoms with Crippen LogP contribution in [-0.2, 0) is 12.8 Å². The monoisotopic (exact) mass is 314 g/mol. The Morgan fingerprint density at radius 3 is 2.59 bits per heavy atom. The largest absolute Gasteiger partial charge is 0.331 e. The molecule has 0 fully saturated rings. The van der Waals surface area contributed by atoms with Gasteiger partial charge >= 0.3 is 6.03 Å². The van der Waals surface area contributed by atoms with Crippen molar-refractivity contribution in [1.82, 2.24) is 5.32 Å². The number of rotatable bonds is 3. The molecular weight excluding hydrogens is 296 g/mol. The van der Waals surface area contributed by atoms with E-state index in [-0.39, 0.29) is 12.1 Å². The van der Waals surface area contributed by atoms with Crippen LogP contribution in [0.15, 0.2) is 42.5 Å². The molecule has 3 rings (SSSR count). The first-order valence-electron chi connectivity index (χ1n) is 7.56. The lowest BCUT2D eigenvalue weighted by Gasteiger charge is -2.16.